The molecule has 0 unspecified atom stereocenters. The van der Waals surface area contributed by atoms with Gasteiger partial charge in [0.2, 0.25) is 0 Å². The maximum atomic E-state index is 11.6. The molecule has 0 aliphatic heterocycles. The molecule has 1 saturated carbocycles. The van der Waals surface area contributed by atoms with E-state index in [9.17, 15) is 9.90 Å². The lowest BCUT2D eigenvalue weighted by Gasteiger charge is -2.03. The van der Waals surface area contributed by atoms with Crippen molar-refractivity contribution in [3.05, 3.63) is 48.2 Å². The number of carboxylic acids is 1. The molecule has 3 aromatic rings. The first kappa shape index (κ1) is 12.8. The Balaban J connectivity index is 1.82. The maximum absolute atomic E-state index is 11.6. The summed E-state index contributed by atoms with van der Waals surface area (Å²) >= 11 is 0. The maximum Gasteiger partial charge on any atom is 0.341 e. The lowest BCUT2D eigenvalue weighted by atomic mass is 10.1. The van der Waals surface area contributed by atoms with E-state index in [0.717, 1.165) is 18.5 Å². The third-order valence-corrected chi connectivity index (χ3v) is 3.65. The average Bonchev–Trinajstić information content (AvgIpc) is 3.05. The molecule has 110 valence electrons. The van der Waals surface area contributed by atoms with Crippen molar-refractivity contribution in [2.45, 2.75) is 18.8 Å². The van der Waals surface area contributed by atoms with Crippen molar-refractivity contribution in [2.24, 2.45) is 0 Å². The number of carbonyl (C=O) groups is 1. The van der Waals surface area contributed by atoms with Gasteiger partial charge in [0, 0.05) is 30.1 Å². The highest BCUT2D eigenvalue weighted by atomic mass is 16.5. The van der Waals surface area contributed by atoms with E-state index in [1.54, 1.807) is 41.6 Å². The predicted octanol–water partition coefficient (Wildman–Crippen LogP) is 2.50. The minimum atomic E-state index is -1.03. The largest absolute Gasteiger partial charge is 0.477 e. The normalized spacial score (nSPS) is 14.2. The molecule has 4 rings (SSSR count). The average molecular weight is 296 g/mol. The Morgan fingerprint density at radius 2 is 2.23 bits per heavy atom. The molecule has 0 bridgehead atoms. The van der Waals surface area contributed by atoms with E-state index in [1.165, 1.54) is 0 Å². The van der Waals surface area contributed by atoms with Crippen LogP contribution in [0.3, 0.4) is 0 Å². The van der Waals surface area contributed by atoms with Crippen molar-refractivity contribution in [3.63, 3.8) is 0 Å². The van der Waals surface area contributed by atoms with Crippen LogP contribution in [0.15, 0.2) is 41.4 Å². The fraction of sp³-hybridized carbons (Fsp3) is 0.200. The highest BCUT2D eigenvalue weighted by molar-refractivity contribution is 5.95. The Labute approximate surface area is 125 Å². The second kappa shape index (κ2) is 4.80. The van der Waals surface area contributed by atoms with Gasteiger partial charge in [-0.3, -0.25) is 4.98 Å². The summed E-state index contributed by atoms with van der Waals surface area (Å²) in [4.78, 5) is 15.7. The molecule has 7 nitrogen and oxygen atoms in total. The summed E-state index contributed by atoms with van der Waals surface area (Å²) in [6, 6.07) is 3.58. The molecule has 1 aliphatic carbocycles. The standard InChI is InChI=1S/C15H12N4O3/c20-15(21)12-13(9-2-3-9)18-22-14(12)10-6-11(8-16-7-10)19-5-1-4-17-19/h1,4-9H,2-3H2,(H,20,21). The Kier molecular flexibility index (Phi) is 2.78. The molecule has 0 radical (unpaired) electrons. The van der Waals surface area contributed by atoms with Gasteiger partial charge in [-0.2, -0.15) is 5.10 Å². The van der Waals surface area contributed by atoms with Crippen LogP contribution >= 0.6 is 0 Å². The molecule has 1 N–H and O–H groups in total. The van der Waals surface area contributed by atoms with Gasteiger partial charge in [0.05, 0.1) is 11.9 Å². The molecular formula is C15H12N4O3. The van der Waals surface area contributed by atoms with Crippen molar-refractivity contribution < 1.29 is 14.4 Å². The summed E-state index contributed by atoms with van der Waals surface area (Å²) in [5, 5.41) is 17.6. The van der Waals surface area contributed by atoms with Gasteiger partial charge in [0.1, 0.15) is 11.3 Å². The summed E-state index contributed by atoms with van der Waals surface area (Å²) in [6.45, 7) is 0. The van der Waals surface area contributed by atoms with E-state index in [-0.39, 0.29) is 17.2 Å². The quantitative estimate of drug-likeness (QED) is 0.795. The van der Waals surface area contributed by atoms with E-state index in [4.69, 9.17) is 4.52 Å². The zero-order valence-corrected chi connectivity index (χ0v) is 11.5. The number of carboxylic acid groups (broad SMARTS) is 1. The molecule has 1 aliphatic rings. The molecule has 0 spiro atoms. The highest BCUT2D eigenvalue weighted by Crippen LogP contribution is 2.43. The van der Waals surface area contributed by atoms with Crippen LogP contribution < -0.4 is 0 Å². The van der Waals surface area contributed by atoms with Crippen LogP contribution in [-0.4, -0.2) is 31.0 Å². The fourth-order valence-corrected chi connectivity index (χ4v) is 2.44. The van der Waals surface area contributed by atoms with Crippen molar-refractivity contribution in [2.75, 3.05) is 0 Å². The molecular weight excluding hydrogens is 284 g/mol. The summed E-state index contributed by atoms with van der Waals surface area (Å²) < 4.78 is 6.96. The lowest BCUT2D eigenvalue weighted by Crippen LogP contribution is -2.02. The number of nitrogens with zero attached hydrogens (tertiary/aromatic N) is 4. The minimum absolute atomic E-state index is 0.141. The van der Waals surface area contributed by atoms with Gasteiger partial charge < -0.3 is 9.63 Å². The Bertz CT molecular complexity index is 834. The minimum Gasteiger partial charge on any atom is -0.477 e. The Morgan fingerprint density at radius 3 is 2.91 bits per heavy atom. The molecule has 3 heterocycles. The summed E-state index contributed by atoms with van der Waals surface area (Å²) in [5.41, 5.74) is 1.97. The van der Waals surface area contributed by atoms with Gasteiger partial charge in [-0.1, -0.05) is 5.16 Å². The van der Waals surface area contributed by atoms with Crippen LogP contribution in [0.5, 0.6) is 0 Å². The van der Waals surface area contributed by atoms with Crippen LogP contribution in [0.4, 0.5) is 0 Å². The first-order valence-electron chi connectivity index (χ1n) is 6.92. The monoisotopic (exact) mass is 296 g/mol. The topological polar surface area (TPSA) is 94.0 Å². The fourth-order valence-electron chi connectivity index (χ4n) is 2.44. The third-order valence-electron chi connectivity index (χ3n) is 3.65. The van der Waals surface area contributed by atoms with E-state index in [0.29, 0.717) is 11.3 Å². The lowest BCUT2D eigenvalue weighted by molar-refractivity contribution is 0.0696. The third kappa shape index (κ3) is 2.07. The van der Waals surface area contributed by atoms with Gasteiger partial charge in [0.15, 0.2) is 5.76 Å². The zero-order valence-electron chi connectivity index (χ0n) is 11.5. The van der Waals surface area contributed by atoms with Gasteiger partial charge in [-0.05, 0) is 25.0 Å². The number of rotatable bonds is 4. The van der Waals surface area contributed by atoms with E-state index < -0.39 is 5.97 Å². The number of hydrogen-bond acceptors (Lipinski definition) is 5. The molecule has 0 amide bonds. The van der Waals surface area contributed by atoms with Gasteiger partial charge in [0.25, 0.3) is 0 Å². The van der Waals surface area contributed by atoms with Crippen molar-refractivity contribution in [1.82, 2.24) is 19.9 Å². The molecule has 1 fully saturated rings. The number of hydrogen-bond donors (Lipinski definition) is 1. The van der Waals surface area contributed by atoms with Gasteiger partial charge in [-0.25, -0.2) is 9.48 Å². The van der Waals surface area contributed by atoms with Gasteiger partial charge >= 0.3 is 5.97 Å². The number of aromatic carboxylic acids is 1. The molecule has 3 aromatic heterocycles. The molecule has 0 aromatic carbocycles. The SMILES string of the molecule is O=C(O)c1c(C2CC2)noc1-c1cncc(-n2cccn2)c1. The summed E-state index contributed by atoms with van der Waals surface area (Å²) in [7, 11) is 0. The van der Waals surface area contributed by atoms with Crippen LogP contribution in [0.2, 0.25) is 0 Å². The first-order chi connectivity index (χ1) is 10.7. The summed E-state index contributed by atoms with van der Waals surface area (Å²) in [5.74, 6) is -0.579. The second-order valence-corrected chi connectivity index (χ2v) is 5.23. The molecule has 0 atom stereocenters. The second-order valence-electron chi connectivity index (χ2n) is 5.23. The summed E-state index contributed by atoms with van der Waals surface area (Å²) in [6.07, 6.45) is 8.57. The zero-order chi connectivity index (χ0) is 15.1. The van der Waals surface area contributed by atoms with Crippen molar-refractivity contribution in [3.8, 4) is 17.0 Å². The Morgan fingerprint density at radius 1 is 1.36 bits per heavy atom. The molecule has 0 saturated heterocycles. The van der Waals surface area contributed by atoms with Crippen LogP contribution in [0.25, 0.3) is 17.0 Å². The molecule has 22 heavy (non-hydrogen) atoms. The van der Waals surface area contributed by atoms with Crippen LogP contribution in [0.1, 0.15) is 34.8 Å². The van der Waals surface area contributed by atoms with Crippen molar-refractivity contribution >= 4 is 5.97 Å². The molecule has 7 heteroatoms. The predicted molar refractivity (Wildman–Crippen MR) is 75.8 cm³/mol. The number of aromatic nitrogens is 4. The van der Waals surface area contributed by atoms with E-state index in [2.05, 4.69) is 15.2 Å². The van der Waals surface area contributed by atoms with Crippen molar-refractivity contribution in [1.29, 1.82) is 0 Å². The van der Waals surface area contributed by atoms with Gasteiger partial charge in [-0.15, -0.1) is 0 Å². The Hall–Kier alpha value is -2.96. The smallest absolute Gasteiger partial charge is 0.341 e. The highest BCUT2D eigenvalue weighted by Gasteiger charge is 2.34. The van der Waals surface area contributed by atoms with E-state index >= 15 is 0 Å². The first-order valence-corrected chi connectivity index (χ1v) is 6.92. The van der Waals surface area contributed by atoms with E-state index in [1.807, 2.05) is 0 Å². The van der Waals surface area contributed by atoms with Crippen LogP contribution in [0, 0.1) is 0 Å². The van der Waals surface area contributed by atoms with Crippen LogP contribution in [-0.2, 0) is 0 Å². The number of pyridine rings is 1.